The van der Waals surface area contributed by atoms with Crippen LogP contribution in [0.15, 0.2) is 36.7 Å². The number of benzene rings is 1. The van der Waals surface area contributed by atoms with Crippen molar-refractivity contribution in [2.75, 3.05) is 19.5 Å². The highest BCUT2D eigenvalue weighted by Gasteiger charge is 2.00. The molecule has 0 aliphatic carbocycles. The average Bonchev–Trinajstić information content (AvgIpc) is 2.45. The monoisotopic (exact) mass is 245 g/mol. The van der Waals surface area contributed by atoms with Gasteiger partial charge in [0.05, 0.1) is 19.5 Å². The first-order valence-electron chi connectivity index (χ1n) is 5.57. The van der Waals surface area contributed by atoms with E-state index in [0.29, 0.717) is 18.3 Å². The van der Waals surface area contributed by atoms with E-state index in [1.807, 2.05) is 24.3 Å². The van der Waals surface area contributed by atoms with Crippen molar-refractivity contribution in [3.8, 4) is 11.6 Å². The number of methoxy groups -OCH3 is 1. The number of nitrogens with one attached hydrogen (secondary N) is 1. The highest BCUT2D eigenvalue weighted by atomic mass is 16.5. The molecule has 0 radical (unpaired) electrons. The lowest BCUT2D eigenvalue weighted by molar-refractivity contribution is 0.292. The molecule has 1 N–H and O–H groups in total. The number of anilines is 1. The fraction of sp³-hybridized carbons (Fsp3) is 0.231. The van der Waals surface area contributed by atoms with Gasteiger partial charge in [-0.3, -0.25) is 4.98 Å². The highest BCUT2D eigenvalue weighted by molar-refractivity contribution is 5.32. The summed E-state index contributed by atoms with van der Waals surface area (Å²) in [4.78, 5) is 8.25. The van der Waals surface area contributed by atoms with Crippen LogP contribution in [-0.4, -0.2) is 24.1 Å². The maximum atomic E-state index is 5.56. The van der Waals surface area contributed by atoms with Crippen LogP contribution in [-0.2, 0) is 6.61 Å². The first-order chi connectivity index (χ1) is 8.81. The summed E-state index contributed by atoms with van der Waals surface area (Å²) < 4.78 is 10.7. The predicted molar refractivity (Wildman–Crippen MR) is 68.9 cm³/mol. The summed E-state index contributed by atoms with van der Waals surface area (Å²) in [6, 6.07) is 7.71. The Morgan fingerprint density at radius 2 is 2.17 bits per heavy atom. The van der Waals surface area contributed by atoms with E-state index < -0.39 is 0 Å². The topological polar surface area (TPSA) is 56.3 Å². The van der Waals surface area contributed by atoms with Crippen LogP contribution in [0.4, 0.5) is 5.82 Å². The molecule has 18 heavy (non-hydrogen) atoms. The molecule has 5 nitrogen and oxygen atoms in total. The summed E-state index contributed by atoms with van der Waals surface area (Å²) in [6.45, 7) is 0.430. The molecule has 1 aromatic carbocycles. The van der Waals surface area contributed by atoms with Gasteiger partial charge in [-0.05, 0) is 17.7 Å². The normalized spacial score (nSPS) is 9.89. The third-order valence-electron chi connectivity index (χ3n) is 2.39. The number of ether oxygens (including phenoxy) is 2. The van der Waals surface area contributed by atoms with Gasteiger partial charge in [-0.2, -0.15) is 4.98 Å². The lowest BCUT2D eigenvalue weighted by Gasteiger charge is -2.07. The fourth-order valence-electron chi connectivity index (χ4n) is 1.46. The van der Waals surface area contributed by atoms with Crippen molar-refractivity contribution in [3.05, 3.63) is 42.2 Å². The predicted octanol–water partition coefficient (Wildman–Crippen LogP) is 2.11. The fourth-order valence-corrected chi connectivity index (χ4v) is 1.46. The molecule has 1 heterocycles. The van der Waals surface area contributed by atoms with E-state index in [1.54, 1.807) is 26.6 Å². The van der Waals surface area contributed by atoms with Gasteiger partial charge in [-0.15, -0.1) is 0 Å². The van der Waals surface area contributed by atoms with Gasteiger partial charge in [0, 0.05) is 7.05 Å². The molecular weight excluding hydrogens is 230 g/mol. The first kappa shape index (κ1) is 12.2. The summed E-state index contributed by atoms with van der Waals surface area (Å²) in [5.41, 5.74) is 1.02. The van der Waals surface area contributed by atoms with Crippen LogP contribution in [0, 0.1) is 0 Å². The molecule has 0 fully saturated rings. The van der Waals surface area contributed by atoms with Crippen molar-refractivity contribution in [2.45, 2.75) is 6.61 Å². The minimum atomic E-state index is 0.430. The summed E-state index contributed by atoms with van der Waals surface area (Å²) in [5.74, 6) is 1.98. The second-order valence-corrected chi connectivity index (χ2v) is 3.63. The summed E-state index contributed by atoms with van der Waals surface area (Å²) in [7, 11) is 3.43. The molecule has 0 saturated heterocycles. The van der Waals surface area contributed by atoms with Crippen molar-refractivity contribution in [1.29, 1.82) is 0 Å². The molecule has 0 saturated carbocycles. The van der Waals surface area contributed by atoms with Gasteiger partial charge in [0.2, 0.25) is 5.88 Å². The van der Waals surface area contributed by atoms with E-state index in [-0.39, 0.29) is 0 Å². The smallest absolute Gasteiger partial charge is 0.234 e. The van der Waals surface area contributed by atoms with Gasteiger partial charge in [0.25, 0.3) is 0 Å². The molecular formula is C13H15N3O2. The maximum Gasteiger partial charge on any atom is 0.234 e. The number of hydrogen-bond acceptors (Lipinski definition) is 5. The quantitative estimate of drug-likeness (QED) is 0.874. The molecule has 0 aliphatic heterocycles. The zero-order valence-corrected chi connectivity index (χ0v) is 10.4. The van der Waals surface area contributed by atoms with E-state index in [9.17, 15) is 0 Å². The van der Waals surface area contributed by atoms with Gasteiger partial charge in [-0.1, -0.05) is 12.1 Å². The third kappa shape index (κ3) is 3.10. The Hall–Kier alpha value is -2.30. The van der Waals surface area contributed by atoms with E-state index in [4.69, 9.17) is 9.47 Å². The Morgan fingerprint density at radius 1 is 1.28 bits per heavy atom. The molecule has 5 heteroatoms. The van der Waals surface area contributed by atoms with Crippen molar-refractivity contribution in [3.63, 3.8) is 0 Å². The number of rotatable bonds is 5. The largest absolute Gasteiger partial charge is 0.497 e. The maximum absolute atomic E-state index is 5.56. The highest BCUT2D eigenvalue weighted by Crippen LogP contribution is 2.15. The number of aromatic nitrogens is 2. The lowest BCUT2D eigenvalue weighted by Crippen LogP contribution is -2.00. The van der Waals surface area contributed by atoms with Crippen molar-refractivity contribution < 1.29 is 9.47 Å². The molecule has 0 aliphatic rings. The van der Waals surface area contributed by atoms with E-state index in [0.717, 1.165) is 11.3 Å². The van der Waals surface area contributed by atoms with Gasteiger partial charge < -0.3 is 14.8 Å². The Balaban J connectivity index is 2.01. The molecule has 2 rings (SSSR count). The van der Waals surface area contributed by atoms with E-state index in [2.05, 4.69) is 15.3 Å². The van der Waals surface area contributed by atoms with Gasteiger partial charge in [-0.25, -0.2) is 0 Å². The van der Waals surface area contributed by atoms with Crippen molar-refractivity contribution in [1.82, 2.24) is 9.97 Å². The standard InChI is InChI=1S/C13H15N3O2/c1-14-12-7-15-8-13(16-12)18-9-10-4-3-5-11(6-10)17-2/h3-8H,9H2,1-2H3,(H,14,16). The number of nitrogens with zero attached hydrogens (tertiary/aromatic N) is 2. The average molecular weight is 245 g/mol. The first-order valence-corrected chi connectivity index (χ1v) is 5.57. The van der Waals surface area contributed by atoms with E-state index >= 15 is 0 Å². The van der Waals surface area contributed by atoms with Crippen LogP contribution in [0.2, 0.25) is 0 Å². The molecule has 94 valence electrons. The molecule has 1 aromatic heterocycles. The minimum Gasteiger partial charge on any atom is -0.497 e. The van der Waals surface area contributed by atoms with Crippen molar-refractivity contribution >= 4 is 5.82 Å². The molecule has 0 bridgehead atoms. The van der Waals surface area contributed by atoms with Gasteiger partial charge in [0.1, 0.15) is 18.2 Å². The van der Waals surface area contributed by atoms with Crippen LogP contribution < -0.4 is 14.8 Å². The summed E-state index contributed by atoms with van der Waals surface area (Å²) in [5, 5.41) is 2.91. The second kappa shape index (κ2) is 5.86. The van der Waals surface area contributed by atoms with Crippen LogP contribution >= 0.6 is 0 Å². The summed E-state index contributed by atoms with van der Waals surface area (Å²) in [6.07, 6.45) is 3.22. The molecule has 2 aromatic rings. The van der Waals surface area contributed by atoms with E-state index in [1.165, 1.54) is 0 Å². The van der Waals surface area contributed by atoms with Gasteiger partial charge >= 0.3 is 0 Å². The second-order valence-electron chi connectivity index (χ2n) is 3.63. The van der Waals surface area contributed by atoms with Gasteiger partial charge in [0.15, 0.2) is 0 Å². The van der Waals surface area contributed by atoms with Crippen LogP contribution in [0.25, 0.3) is 0 Å². The molecule has 0 spiro atoms. The lowest BCUT2D eigenvalue weighted by atomic mass is 10.2. The molecule has 0 unspecified atom stereocenters. The van der Waals surface area contributed by atoms with Crippen LogP contribution in [0.5, 0.6) is 11.6 Å². The molecule has 0 atom stereocenters. The third-order valence-corrected chi connectivity index (χ3v) is 2.39. The Bertz CT molecular complexity index is 470. The Morgan fingerprint density at radius 3 is 2.94 bits per heavy atom. The zero-order chi connectivity index (χ0) is 12.8. The molecule has 0 amide bonds. The summed E-state index contributed by atoms with van der Waals surface area (Å²) >= 11 is 0. The Labute approximate surface area is 106 Å². The van der Waals surface area contributed by atoms with Crippen molar-refractivity contribution in [2.24, 2.45) is 0 Å². The minimum absolute atomic E-state index is 0.430. The number of hydrogen-bond donors (Lipinski definition) is 1. The SMILES string of the molecule is CNc1cncc(OCc2cccc(OC)c2)n1. The Kier molecular flexibility index (Phi) is 3.96. The van der Waals surface area contributed by atoms with Crippen LogP contribution in [0.3, 0.4) is 0 Å². The van der Waals surface area contributed by atoms with Crippen LogP contribution in [0.1, 0.15) is 5.56 Å². The zero-order valence-electron chi connectivity index (χ0n) is 10.4.